The Balaban J connectivity index is 2.34. The zero-order valence-corrected chi connectivity index (χ0v) is 13.1. The molecule has 1 rings (SSSR count). The van der Waals surface area contributed by atoms with E-state index in [4.69, 9.17) is 4.74 Å². The van der Waals surface area contributed by atoms with Crippen LogP contribution in [-0.2, 0) is 4.74 Å². The van der Waals surface area contributed by atoms with E-state index >= 15 is 0 Å². The Labute approximate surface area is 126 Å². The summed E-state index contributed by atoms with van der Waals surface area (Å²) in [7, 11) is 1.81. The van der Waals surface area contributed by atoms with Gasteiger partial charge in [-0.2, -0.15) is 0 Å². The number of hydrogen-bond acceptors (Lipinski definition) is 3. The van der Waals surface area contributed by atoms with E-state index in [2.05, 4.69) is 10.6 Å². The van der Waals surface area contributed by atoms with Gasteiger partial charge in [-0.3, -0.25) is 0 Å². The van der Waals surface area contributed by atoms with Crippen LogP contribution >= 0.6 is 0 Å². The first kappa shape index (κ1) is 18.1. The van der Waals surface area contributed by atoms with E-state index in [1.807, 2.05) is 14.0 Å². The van der Waals surface area contributed by atoms with Crippen molar-refractivity contribution in [1.82, 2.24) is 10.6 Å². The topological polar surface area (TPSA) is 50.4 Å². The maximum atomic E-state index is 13.1. The molecule has 1 unspecified atom stereocenters. The van der Waals surface area contributed by atoms with Crippen LogP contribution in [0.3, 0.4) is 0 Å². The summed E-state index contributed by atoms with van der Waals surface area (Å²) in [5.41, 5.74) is 0. The fourth-order valence-electron chi connectivity index (χ4n) is 2.70. The molecule has 6 heteroatoms. The molecule has 0 aromatic rings. The van der Waals surface area contributed by atoms with E-state index < -0.39 is 12.0 Å². The molecule has 1 atom stereocenters. The normalized spacial score (nSPS) is 20.0. The van der Waals surface area contributed by atoms with E-state index in [-0.39, 0.29) is 24.8 Å². The van der Waals surface area contributed by atoms with E-state index in [9.17, 15) is 13.6 Å². The van der Waals surface area contributed by atoms with Crippen LogP contribution in [0.4, 0.5) is 13.6 Å². The van der Waals surface area contributed by atoms with Crippen LogP contribution in [0.25, 0.3) is 0 Å². The number of hydrogen-bond donors (Lipinski definition) is 2. The highest BCUT2D eigenvalue weighted by atomic mass is 19.3. The van der Waals surface area contributed by atoms with Crippen LogP contribution in [-0.4, -0.2) is 38.3 Å². The Morgan fingerprint density at radius 2 is 2.05 bits per heavy atom. The number of carbonyl (C=O) groups excluding carboxylic acids is 1. The molecule has 0 aromatic carbocycles. The lowest BCUT2D eigenvalue weighted by Gasteiger charge is -2.30. The van der Waals surface area contributed by atoms with Gasteiger partial charge in [0.05, 0.1) is 6.61 Å². The Morgan fingerprint density at radius 3 is 2.62 bits per heavy atom. The summed E-state index contributed by atoms with van der Waals surface area (Å²) in [6.07, 6.45) is 3.12. The number of amides is 1. The molecule has 2 N–H and O–H groups in total. The zero-order valence-electron chi connectivity index (χ0n) is 13.1. The third-order valence-corrected chi connectivity index (χ3v) is 3.96. The Bertz CT molecular complexity index is 304. The molecular formula is C15H28F2N2O2. The van der Waals surface area contributed by atoms with Gasteiger partial charge >= 0.3 is 6.09 Å². The number of halogens is 2. The molecule has 1 saturated carbocycles. The zero-order chi connectivity index (χ0) is 15.7. The molecule has 0 radical (unpaired) electrons. The highest BCUT2D eigenvalue weighted by Gasteiger charge is 2.35. The SMILES string of the molecule is CCCCOC(=O)NC(CNC)CC1CCC(F)(F)CC1. The summed E-state index contributed by atoms with van der Waals surface area (Å²) in [5.74, 6) is -2.25. The Kier molecular flexibility index (Phi) is 7.93. The maximum absolute atomic E-state index is 13.1. The predicted molar refractivity (Wildman–Crippen MR) is 78.6 cm³/mol. The van der Waals surface area contributed by atoms with Gasteiger partial charge in [-0.05, 0) is 38.6 Å². The summed E-state index contributed by atoms with van der Waals surface area (Å²) in [6.45, 7) is 3.07. The van der Waals surface area contributed by atoms with Crippen LogP contribution in [0.1, 0.15) is 51.9 Å². The van der Waals surface area contributed by atoms with Gasteiger partial charge in [-0.1, -0.05) is 13.3 Å². The number of alkyl carbamates (subject to hydrolysis) is 1. The average molecular weight is 306 g/mol. The second-order valence-corrected chi connectivity index (χ2v) is 5.92. The minimum absolute atomic E-state index is 0.0368. The van der Waals surface area contributed by atoms with Gasteiger partial charge in [0.15, 0.2) is 0 Å². The van der Waals surface area contributed by atoms with Crippen molar-refractivity contribution in [3.63, 3.8) is 0 Å². The third-order valence-electron chi connectivity index (χ3n) is 3.96. The Hall–Kier alpha value is -0.910. The molecule has 0 aromatic heterocycles. The number of rotatable bonds is 8. The molecule has 1 aliphatic carbocycles. The standard InChI is InChI=1S/C15H28F2N2O2/c1-3-4-9-21-14(20)19-13(11-18-2)10-12-5-7-15(16,17)8-6-12/h12-13,18H,3-11H2,1-2H3,(H,19,20). The quantitative estimate of drug-likeness (QED) is 0.676. The second kappa shape index (κ2) is 9.18. The number of alkyl halides is 2. The van der Waals surface area contributed by atoms with Crippen molar-refractivity contribution in [2.75, 3.05) is 20.2 Å². The molecule has 0 heterocycles. The van der Waals surface area contributed by atoms with Gasteiger partial charge in [0, 0.05) is 25.4 Å². The second-order valence-electron chi connectivity index (χ2n) is 5.92. The van der Waals surface area contributed by atoms with Gasteiger partial charge in [-0.15, -0.1) is 0 Å². The van der Waals surface area contributed by atoms with Crippen molar-refractivity contribution in [2.24, 2.45) is 5.92 Å². The van der Waals surface area contributed by atoms with Crippen LogP contribution in [0.2, 0.25) is 0 Å². The lowest BCUT2D eigenvalue weighted by Crippen LogP contribution is -2.43. The van der Waals surface area contributed by atoms with Crippen LogP contribution in [0, 0.1) is 5.92 Å². The van der Waals surface area contributed by atoms with E-state index in [0.717, 1.165) is 19.3 Å². The molecule has 1 fully saturated rings. The van der Waals surface area contributed by atoms with Crippen molar-refractivity contribution in [3.8, 4) is 0 Å². The molecular weight excluding hydrogens is 278 g/mol. The monoisotopic (exact) mass is 306 g/mol. The largest absolute Gasteiger partial charge is 0.450 e. The smallest absolute Gasteiger partial charge is 0.407 e. The molecule has 124 valence electrons. The van der Waals surface area contributed by atoms with Gasteiger partial charge < -0.3 is 15.4 Å². The minimum Gasteiger partial charge on any atom is -0.450 e. The minimum atomic E-state index is -2.50. The van der Waals surface area contributed by atoms with E-state index in [0.29, 0.717) is 26.0 Å². The van der Waals surface area contributed by atoms with Crippen molar-refractivity contribution in [3.05, 3.63) is 0 Å². The molecule has 4 nitrogen and oxygen atoms in total. The van der Waals surface area contributed by atoms with Crippen LogP contribution < -0.4 is 10.6 Å². The van der Waals surface area contributed by atoms with E-state index in [1.165, 1.54) is 0 Å². The summed E-state index contributed by atoms with van der Waals surface area (Å²) >= 11 is 0. The van der Waals surface area contributed by atoms with Gasteiger partial charge in [0.2, 0.25) is 5.92 Å². The number of ether oxygens (including phenoxy) is 1. The fraction of sp³-hybridized carbons (Fsp3) is 0.933. The number of likely N-dealkylation sites (N-methyl/N-ethyl adjacent to an activating group) is 1. The molecule has 21 heavy (non-hydrogen) atoms. The number of carbonyl (C=O) groups is 1. The van der Waals surface area contributed by atoms with Crippen molar-refractivity contribution >= 4 is 6.09 Å². The van der Waals surface area contributed by atoms with Crippen LogP contribution in [0.5, 0.6) is 0 Å². The molecule has 0 saturated heterocycles. The maximum Gasteiger partial charge on any atom is 0.407 e. The van der Waals surface area contributed by atoms with Gasteiger partial charge in [0.25, 0.3) is 0 Å². The summed E-state index contributed by atoms with van der Waals surface area (Å²) in [4.78, 5) is 11.7. The summed E-state index contributed by atoms with van der Waals surface area (Å²) < 4.78 is 31.4. The number of nitrogens with one attached hydrogen (secondary N) is 2. The third kappa shape index (κ3) is 7.60. The number of unbranched alkanes of at least 4 members (excludes halogenated alkanes) is 1. The van der Waals surface area contributed by atoms with Gasteiger partial charge in [0.1, 0.15) is 0 Å². The van der Waals surface area contributed by atoms with Gasteiger partial charge in [-0.25, -0.2) is 13.6 Å². The van der Waals surface area contributed by atoms with Crippen molar-refractivity contribution < 1.29 is 18.3 Å². The summed E-state index contributed by atoms with van der Waals surface area (Å²) in [6, 6.07) is -0.0687. The summed E-state index contributed by atoms with van der Waals surface area (Å²) in [5, 5.41) is 5.86. The molecule has 0 aliphatic heterocycles. The molecule has 0 spiro atoms. The lowest BCUT2D eigenvalue weighted by molar-refractivity contribution is -0.0473. The Morgan fingerprint density at radius 1 is 1.38 bits per heavy atom. The van der Waals surface area contributed by atoms with Crippen molar-refractivity contribution in [1.29, 1.82) is 0 Å². The lowest BCUT2D eigenvalue weighted by atomic mass is 9.83. The van der Waals surface area contributed by atoms with Crippen LogP contribution in [0.15, 0.2) is 0 Å². The first-order chi connectivity index (χ1) is 9.96. The molecule has 1 amide bonds. The van der Waals surface area contributed by atoms with Crippen molar-refractivity contribution in [2.45, 2.75) is 63.8 Å². The van der Waals surface area contributed by atoms with E-state index in [1.54, 1.807) is 0 Å². The first-order valence-corrected chi connectivity index (χ1v) is 7.92. The highest BCUT2D eigenvalue weighted by Crippen LogP contribution is 2.37. The average Bonchev–Trinajstić information content (AvgIpc) is 2.42. The first-order valence-electron chi connectivity index (χ1n) is 7.92. The molecule has 0 bridgehead atoms. The fourth-order valence-corrected chi connectivity index (χ4v) is 2.70. The molecule has 1 aliphatic rings. The highest BCUT2D eigenvalue weighted by molar-refractivity contribution is 5.67. The predicted octanol–water partition coefficient (Wildman–Crippen LogP) is 3.32.